The maximum atomic E-state index is 13.4. The SMILES string of the molecule is COc1cc(OCCCN(C)C2CCC(OC(=O)C(O)(c3cccs3)c3cccs3)CC2)c(Cl)cc1CCNC[C@H](O[Si](C)(C)C(C)(C)C)c1ccc(O)c2[nH]c(=O)ccc12. The first kappa shape index (κ1) is 46.8. The van der Waals surface area contributed by atoms with Gasteiger partial charge in [0.05, 0.1) is 40.1 Å². The number of carbonyl (C=O) groups excluding carboxylic acids is 1. The Morgan fingerprint density at radius 2 is 1.70 bits per heavy atom. The third kappa shape index (κ3) is 11.1. The number of methoxy groups -OCH3 is 1. The van der Waals surface area contributed by atoms with E-state index in [1.165, 1.54) is 28.7 Å². The molecule has 1 saturated carbocycles. The van der Waals surface area contributed by atoms with Gasteiger partial charge in [0.15, 0.2) is 8.32 Å². The van der Waals surface area contributed by atoms with Crippen LogP contribution in [-0.2, 0) is 26.0 Å². The zero-order valence-corrected chi connectivity index (χ0v) is 39.6. The summed E-state index contributed by atoms with van der Waals surface area (Å²) in [6.07, 6.45) is 4.16. The van der Waals surface area contributed by atoms with Crippen LogP contribution in [0.15, 0.2) is 76.2 Å². The van der Waals surface area contributed by atoms with Crippen LogP contribution in [0.25, 0.3) is 10.9 Å². The number of phenols is 1. The highest BCUT2D eigenvalue weighted by Crippen LogP contribution is 2.42. The number of halogens is 1. The third-order valence-corrected chi connectivity index (χ3v) is 19.0. The molecule has 1 aliphatic rings. The minimum Gasteiger partial charge on any atom is -0.506 e. The Kier molecular flexibility index (Phi) is 15.5. The van der Waals surface area contributed by atoms with Crippen LogP contribution in [0.3, 0.4) is 0 Å². The lowest BCUT2D eigenvalue weighted by Crippen LogP contribution is -2.43. The Balaban J connectivity index is 0.978. The Morgan fingerprint density at radius 1 is 1.02 bits per heavy atom. The molecule has 0 unspecified atom stereocenters. The summed E-state index contributed by atoms with van der Waals surface area (Å²) in [6, 6.07) is 18.1. The van der Waals surface area contributed by atoms with Crippen molar-refractivity contribution in [2.24, 2.45) is 0 Å². The van der Waals surface area contributed by atoms with Gasteiger partial charge in [-0.2, -0.15) is 0 Å². The number of phenolic OH excluding ortho intramolecular Hbond substituents is 1. The van der Waals surface area contributed by atoms with Crippen molar-refractivity contribution in [3.8, 4) is 17.2 Å². The Labute approximate surface area is 373 Å². The predicted molar refractivity (Wildman–Crippen MR) is 248 cm³/mol. The zero-order valence-electron chi connectivity index (χ0n) is 36.2. The van der Waals surface area contributed by atoms with Gasteiger partial charge in [0, 0.05) is 36.7 Å². The lowest BCUT2D eigenvalue weighted by molar-refractivity contribution is -0.169. The van der Waals surface area contributed by atoms with Crippen molar-refractivity contribution in [3.63, 3.8) is 0 Å². The topological polar surface area (TPSA) is 143 Å². The van der Waals surface area contributed by atoms with Gasteiger partial charge in [0.2, 0.25) is 11.2 Å². The van der Waals surface area contributed by atoms with Gasteiger partial charge < -0.3 is 44.1 Å². The number of pyridine rings is 1. The normalized spacial score (nSPS) is 16.8. The fraction of sp³-hybridized carbons (Fsp3) is 0.478. The van der Waals surface area contributed by atoms with E-state index in [2.05, 4.69) is 56.1 Å². The van der Waals surface area contributed by atoms with Crippen LogP contribution in [0.1, 0.15) is 79.9 Å². The number of ether oxygens (including phenoxy) is 3. The van der Waals surface area contributed by atoms with Crippen molar-refractivity contribution in [2.45, 2.75) is 101 Å². The highest BCUT2D eigenvalue weighted by Gasteiger charge is 2.45. The fourth-order valence-corrected chi connectivity index (χ4v) is 10.9. The monoisotopic (exact) mass is 909 g/mol. The Bertz CT molecular complexity index is 2240. The summed E-state index contributed by atoms with van der Waals surface area (Å²) >= 11 is 9.47. The van der Waals surface area contributed by atoms with Crippen LogP contribution in [0.5, 0.6) is 17.2 Å². The van der Waals surface area contributed by atoms with Crippen LogP contribution in [-0.4, -0.2) is 86.9 Å². The van der Waals surface area contributed by atoms with Gasteiger partial charge in [0.1, 0.15) is 23.4 Å². The van der Waals surface area contributed by atoms with E-state index in [4.69, 9.17) is 30.2 Å². The molecule has 11 nitrogen and oxygen atoms in total. The number of nitrogens with zero attached hydrogens (tertiary/aromatic N) is 1. The molecule has 330 valence electrons. The van der Waals surface area contributed by atoms with Crippen molar-refractivity contribution in [1.82, 2.24) is 15.2 Å². The average Bonchev–Trinajstić information content (AvgIpc) is 3.98. The molecular weight excluding hydrogens is 850 g/mol. The molecule has 1 aliphatic carbocycles. The molecule has 0 bridgehead atoms. The van der Waals surface area contributed by atoms with Gasteiger partial charge in [-0.25, -0.2) is 4.79 Å². The summed E-state index contributed by atoms with van der Waals surface area (Å²) in [5.41, 5.74) is 0.183. The van der Waals surface area contributed by atoms with Gasteiger partial charge >= 0.3 is 5.97 Å². The first-order valence-electron chi connectivity index (χ1n) is 21.0. The standard InChI is InChI=1S/C46H60ClN3O8S2Si/c1-45(2,3)61(6,7)58-39(33-17-19-36(51)43-34(33)18-20-42(52)49-43)29-48-22-21-30-27-35(47)38(28-37(30)55-5)56-24-10-23-50(4)31-13-15-32(16-14-31)57-44(53)46(54,40-11-8-25-59-40)41-12-9-26-60-41/h8-9,11-12,17-20,25-28,31-32,39,48,51,54H,10,13-16,21-24,29H2,1-7H3,(H,49,52)/t31?,32?,39-/m0/s1. The van der Waals surface area contributed by atoms with Crippen molar-refractivity contribution >= 4 is 59.5 Å². The predicted octanol–water partition coefficient (Wildman–Crippen LogP) is 9.41. The first-order chi connectivity index (χ1) is 29.0. The molecule has 1 fully saturated rings. The van der Waals surface area contributed by atoms with Crippen LogP contribution in [0.2, 0.25) is 23.2 Å². The van der Waals surface area contributed by atoms with E-state index >= 15 is 0 Å². The number of esters is 1. The van der Waals surface area contributed by atoms with E-state index in [0.717, 1.165) is 55.2 Å². The molecule has 3 aromatic heterocycles. The molecule has 61 heavy (non-hydrogen) atoms. The van der Waals surface area contributed by atoms with Crippen molar-refractivity contribution in [2.75, 3.05) is 40.4 Å². The Morgan fingerprint density at radius 3 is 2.33 bits per heavy atom. The lowest BCUT2D eigenvalue weighted by Gasteiger charge is -2.39. The van der Waals surface area contributed by atoms with Gasteiger partial charge in [0.25, 0.3) is 0 Å². The van der Waals surface area contributed by atoms with Gasteiger partial charge in [-0.15, -0.1) is 22.7 Å². The van der Waals surface area contributed by atoms with E-state index in [1.807, 2.05) is 41.1 Å². The fourth-order valence-electron chi connectivity index (χ4n) is 7.63. The van der Waals surface area contributed by atoms with Crippen LogP contribution in [0, 0.1) is 0 Å². The number of fused-ring (bicyclic) bond motifs is 1. The van der Waals surface area contributed by atoms with E-state index in [-0.39, 0.29) is 28.6 Å². The first-order valence-corrected chi connectivity index (χ1v) is 26.0. The molecule has 0 aliphatic heterocycles. The minimum absolute atomic E-state index is 0.0200. The summed E-state index contributed by atoms with van der Waals surface area (Å²) in [6.45, 7) is 13.5. The number of nitrogens with one attached hydrogen (secondary N) is 2. The van der Waals surface area contributed by atoms with Gasteiger partial charge in [-0.3, -0.25) is 4.79 Å². The number of benzene rings is 2. The number of hydrogen-bond donors (Lipinski definition) is 4. The molecule has 0 amide bonds. The zero-order chi connectivity index (χ0) is 44.0. The van der Waals surface area contributed by atoms with Crippen molar-refractivity contribution < 1.29 is 33.6 Å². The highest BCUT2D eigenvalue weighted by atomic mass is 35.5. The summed E-state index contributed by atoms with van der Waals surface area (Å²) in [5, 5.41) is 30.7. The number of aromatic nitrogens is 1. The summed E-state index contributed by atoms with van der Waals surface area (Å²) in [7, 11) is 1.55. The quantitative estimate of drug-likeness (QED) is 0.0360. The highest BCUT2D eigenvalue weighted by molar-refractivity contribution is 7.12. The molecule has 15 heteroatoms. The van der Waals surface area contributed by atoms with E-state index < -0.39 is 19.9 Å². The third-order valence-electron chi connectivity index (χ3n) is 12.2. The van der Waals surface area contributed by atoms with Crippen LogP contribution >= 0.6 is 34.3 Å². The minimum atomic E-state index is -2.22. The smallest absolute Gasteiger partial charge is 0.349 e. The molecule has 1 atom stereocenters. The van der Waals surface area contributed by atoms with E-state index in [1.54, 1.807) is 31.4 Å². The number of carbonyl (C=O) groups is 1. The van der Waals surface area contributed by atoms with E-state index in [9.17, 15) is 19.8 Å². The maximum absolute atomic E-state index is 13.4. The second-order valence-corrected chi connectivity index (χ2v) is 24.4. The largest absolute Gasteiger partial charge is 0.506 e. The number of H-pyrrole nitrogens is 1. The number of thiophene rings is 2. The maximum Gasteiger partial charge on any atom is 0.349 e. The van der Waals surface area contributed by atoms with Crippen LogP contribution < -0.4 is 20.3 Å². The van der Waals surface area contributed by atoms with E-state index in [0.29, 0.717) is 64.0 Å². The molecule has 4 N–H and O–H groups in total. The van der Waals surface area contributed by atoms with Crippen molar-refractivity contribution in [1.29, 1.82) is 0 Å². The number of aromatic amines is 1. The average molecular weight is 911 g/mol. The number of aromatic hydroxyl groups is 1. The van der Waals surface area contributed by atoms with Gasteiger partial charge in [-0.1, -0.05) is 50.6 Å². The summed E-state index contributed by atoms with van der Waals surface area (Å²) in [4.78, 5) is 31.8. The lowest BCUT2D eigenvalue weighted by atomic mass is 9.91. The van der Waals surface area contributed by atoms with Crippen LogP contribution in [0.4, 0.5) is 0 Å². The summed E-state index contributed by atoms with van der Waals surface area (Å²) < 4.78 is 24.9. The molecule has 6 rings (SSSR count). The number of rotatable bonds is 19. The molecule has 0 radical (unpaired) electrons. The van der Waals surface area contributed by atoms with Crippen molar-refractivity contribution in [3.05, 3.63) is 108 Å². The molecule has 5 aromatic rings. The Hall–Kier alpha value is -3.73. The number of aliphatic hydroxyl groups is 1. The molecule has 3 heterocycles. The molecule has 0 saturated heterocycles. The second kappa shape index (κ2) is 20.2. The number of hydrogen-bond acceptors (Lipinski definition) is 12. The summed E-state index contributed by atoms with van der Waals surface area (Å²) in [5.74, 6) is 0.684. The van der Waals surface area contributed by atoms with Gasteiger partial charge in [-0.05, 0) is 122 Å². The molecular formula is C46H60ClN3O8S2Si. The molecule has 0 spiro atoms. The molecule has 2 aromatic carbocycles. The second-order valence-electron chi connectivity index (χ2n) is 17.4.